The SMILES string of the molecule is COc1cc(C(=O)NC(=O)O)ccn1. The molecule has 0 radical (unpaired) electrons. The van der Waals surface area contributed by atoms with E-state index in [4.69, 9.17) is 9.84 Å². The number of aromatic nitrogens is 1. The smallest absolute Gasteiger partial charge is 0.411 e. The summed E-state index contributed by atoms with van der Waals surface area (Å²) in [5, 5.41) is 10.00. The van der Waals surface area contributed by atoms with E-state index >= 15 is 0 Å². The first-order valence-electron chi connectivity index (χ1n) is 3.68. The van der Waals surface area contributed by atoms with Crippen molar-refractivity contribution >= 4 is 12.0 Å². The molecule has 0 aliphatic heterocycles. The monoisotopic (exact) mass is 196 g/mol. The average molecular weight is 196 g/mol. The van der Waals surface area contributed by atoms with Crippen LogP contribution >= 0.6 is 0 Å². The molecule has 0 aliphatic rings. The maximum Gasteiger partial charge on any atom is 0.411 e. The van der Waals surface area contributed by atoms with Gasteiger partial charge in [0, 0.05) is 17.8 Å². The molecule has 1 aromatic heterocycles. The minimum atomic E-state index is -1.40. The molecule has 6 heteroatoms. The van der Waals surface area contributed by atoms with Gasteiger partial charge >= 0.3 is 6.09 Å². The van der Waals surface area contributed by atoms with E-state index < -0.39 is 12.0 Å². The van der Waals surface area contributed by atoms with Crippen LogP contribution < -0.4 is 10.1 Å². The van der Waals surface area contributed by atoms with Gasteiger partial charge in [0.05, 0.1) is 7.11 Å². The number of amides is 2. The zero-order chi connectivity index (χ0) is 10.6. The molecule has 0 aromatic carbocycles. The number of rotatable bonds is 2. The minimum Gasteiger partial charge on any atom is -0.481 e. The maximum absolute atomic E-state index is 11.1. The number of carbonyl (C=O) groups is 2. The molecule has 1 heterocycles. The highest BCUT2D eigenvalue weighted by atomic mass is 16.5. The molecule has 1 rings (SSSR count). The molecule has 0 bridgehead atoms. The van der Waals surface area contributed by atoms with Crippen LogP contribution in [0.2, 0.25) is 0 Å². The Hall–Kier alpha value is -2.11. The molecule has 6 nitrogen and oxygen atoms in total. The molecular weight excluding hydrogens is 188 g/mol. The topological polar surface area (TPSA) is 88.5 Å². The Morgan fingerprint density at radius 2 is 2.29 bits per heavy atom. The number of carbonyl (C=O) groups excluding carboxylic acids is 1. The molecule has 2 amide bonds. The predicted molar refractivity (Wildman–Crippen MR) is 46.3 cm³/mol. The zero-order valence-corrected chi connectivity index (χ0v) is 7.35. The third-order valence-electron chi connectivity index (χ3n) is 1.43. The third-order valence-corrected chi connectivity index (χ3v) is 1.43. The van der Waals surface area contributed by atoms with E-state index in [9.17, 15) is 9.59 Å². The normalized spacial score (nSPS) is 9.21. The van der Waals surface area contributed by atoms with Crippen LogP contribution in [0.25, 0.3) is 0 Å². The molecule has 0 saturated carbocycles. The average Bonchev–Trinajstić information content (AvgIpc) is 2.17. The van der Waals surface area contributed by atoms with Crippen molar-refractivity contribution in [1.29, 1.82) is 0 Å². The molecule has 2 N–H and O–H groups in total. The van der Waals surface area contributed by atoms with Gasteiger partial charge in [0.25, 0.3) is 5.91 Å². The fraction of sp³-hybridized carbons (Fsp3) is 0.125. The van der Waals surface area contributed by atoms with Crippen LogP contribution in [0.1, 0.15) is 10.4 Å². The first kappa shape index (κ1) is 9.97. The highest BCUT2D eigenvalue weighted by molar-refractivity contribution is 6.02. The first-order chi connectivity index (χ1) is 6.63. The van der Waals surface area contributed by atoms with Gasteiger partial charge in [0.15, 0.2) is 0 Å². The van der Waals surface area contributed by atoms with E-state index in [1.54, 1.807) is 5.32 Å². The Labute approximate surface area is 79.5 Å². The summed E-state index contributed by atoms with van der Waals surface area (Å²) >= 11 is 0. The van der Waals surface area contributed by atoms with Crippen LogP contribution in [0.3, 0.4) is 0 Å². The van der Waals surface area contributed by atoms with Crippen molar-refractivity contribution in [2.45, 2.75) is 0 Å². The summed E-state index contributed by atoms with van der Waals surface area (Å²) in [4.78, 5) is 25.1. The van der Waals surface area contributed by atoms with Crippen LogP contribution in [0, 0.1) is 0 Å². The second-order valence-electron chi connectivity index (χ2n) is 2.35. The van der Waals surface area contributed by atoms with Crippen molar-refractivity contribution in [3.05, 3.63) is 23.9 Å². The molecule has 0 fully saturated rings. The summed E-state index contributed by atoms with van der Waals surface area (Å²) in [7, 11) is 1.40. The Morgan fingerprint density at radius 3 is 2.86 bits per heavy atom. The highest BCUT2D eigenvalue weighted by Gasteiger charge is 2.09. The van der Waals surface area contributed by atoms with Crippen molar-refractivity contribution < 1.29 is 19.4 Å². The second-order valence-corrected chi connectivity index (χ2v) is 2.35. The number of hydrogen-bond acceptors (Lipinski definition) is 4. The number of nitrogens with zero attached hydrogens (tertiary/aromatic N) is 1. The van der Waals surface area contributed by atoms with E-state index in [2.05, 4.69) is 4.98 Å². The lowest BCUT2D eigenvalue weighted by atomic mass is 10.2. The molecule has 1 aromatic rings. The lowest BCUT2D eigenvalue weighted by molar-refractivity contribution is 0.0947. The Morgan fingerprint density at radius 1 is 1.57 bits per heavy atom. The van der Waals surface area contributed by atoms with Gasteiger partial charge in [-0.05, 0) is 6.07 Å². The molecule has 0 unspecified atom stereocenters. The van der Waals surface area contributed by atoms with Crippen LogP contribution in [0.5, 0.6) is 5.88 Å². The Kier molecular flexibility index (Phi) is 3.01. The quantitative estimate of drug-likeness (QED) is 0.718. The summed E-state index contributed by atoms with van der Waals surface area (Å²) in [6, 6.07) is 2.74. The summed E-state index contributed by atoms with van der Waals surface area (Å²) in [5.41, 5.74) is 0.180. The maximum atomic E-state index is 11.1. The minimum absolute atomic E-state index is 0.180. The molecule has 14 heavy (non-hydrogen) atoms. The van der Waals surface area contributed by atoms with E-state index in [-0.39, 0.29) is 11.4 Å². The second kappa shape index (κ2) is 4.22. The van der Waals surface area contributed by atoms with Crippen LogP contribution in [0.15, 0.2) is 18.3 Å². The lowest BCUT2D eigenvalue weighted by Crippen LogP contribution is -2.28. The van der Waals surface area contributed by atoms with E-state index in [1.807, 2.05) is 0 Å². The van der Waals surface area contributed by atoms with Crippen molar-refractivity contribution in [2.75, 3.05) is 7.11 Å². The number of imide groups is 1. The van der Waals surface area contributed by atoms with Gasteiger partial charge in [-0.3, -0.25) is 10.1 Å². The molecular formula is C8H8N2O4. The van der Waals surface area contributed by atoms with Gasteiger partial charge in [-0.25, -0.2) is 9.78 Å². The molecule has 0 spiro atoms. The van der Waals surface area contributed by atoms with Crippen molar-refractivity contribution in [3.8, 4) is 5.88 Å². The number of methoxy groups -OCH3 is 1. The standard InChI is InChI=1S/C8H8N2O4/c1-14-6-4-5(2-3-9-6)7(11)10-8(12)13/h2-4H,1H3,(H,10,11)(H,12,13). The van der Waals surface area contributed by atoms with Crippen molar-refractivity contribution in [2.24, 2.45) is 0 Å². The van der Waals surface area contributed by atoms with Gasteiger partial charge in [0.2, 0.25) is 5.88 Å². The van der Waals surface area contributed by atoms with Gasteiger partial charge in [-0.15, -0.1) is 0 Å². The van der Waals surface area contributed by atoms with Crippen molar-refractivity contribution in [3.63, 3.8) is 0 Å². The fourth-order valence-corrected chi connectivity index (χ4v) is 0.832. The Bertz CT molecular complexity index is 364. The Balaban J connectivity index is 2.84. The predicted octanol–water partition coefficient (Wildman–Crippen LogP) is 0.498. The van der Waals surface area contributed by atoms with Gasteiger partial charge in [-0.1, -0.05) is 0 Å². The van der Waals surface area contributed by atoms with Crippen molar-refractivity contribution in [1.82, 2.24) is 10.3 Å². The number of ether oxygens (including phenoxy) is 1. The summed E-state index contributed by atoms with van der Waals surface area (Å²) in [6.45, 7) is 0. The first-order valence-corrected chi connectivity index (χ1v) is 3.68. The number of pyridine rings is 1. The molecule has 74 valence electrons. The third kappa shape index (κ3) is 2.44. The van der Waals surface area contributed by atoms with E-state index in [0.717, 1.165) is 0 Å². The number of nitrogens with one attached hydrogen (secondary N) is 1. The number of hydrogen-bond donors (Lipinski definition) is 2. The van der Waals surface area contributed by atoms with Crippen LogP contribution in [-0.2, 0) is 0 Å². The number of carboxylic acid groups (broad SMARTS) is 1. The largest absolute Gasteiger partial charge is 0.481 e. The summed E-state index contributed by atoms with van der Waals surface area (Å²) in [6.07, 6.45) is -0.0407. The van der Waals surface area contributed by atoms with Crippen LogP contribution in [-0.4, -0.2) is 29.2 Å². The fourth-order valence-electron chi connectivity index (χ4n) is 0.832. The van der Waals surface area contributed by atoms with Crippen LogP contribution in [0.4, 0.5) is 4.79 Å². The van der Waals surface area contributed by atoms with Gasteiger partial charge < -0.3 is 9.84 Å². The van der Waals surface area contributed by atoms with E-state index in [1.165, 1.54) is 25.4 Å². The summed E-state index contributed by atoms with van der Waals surface area (Å²) < 4.78 is 4.77. The molecule has 0 saturated heterocycles. The van der Waals surface area contributed by atoms with Gasteiger partial charge in [-0.2, -0.15) is 0 Å². The summed E-state index contributed by atoms with van der Waals surface area (Å²) in [5.74, 6) is -0.457. The highest BCUT2D eigenvalue weighted by Crippen LogP contribution is 2.07. The molecule has 0 atom stereocenters. The lowest BCUT2D eigenvalue weighted by Gasteiger charge is -2.01. The van der Waals surface area contributed by atoms with E-state index in [0.29, 0.717) is 0 Å². The van der Waals surface area contributed by atoms with Gasteiger partial charge in [0.1, 0.15) is 0 Å². The zero-order valence-electron chi connectivity index (χ0n) is 7.35. The molecule has 0 aliphatic carbocycles.